The van der Waals surface area contributed by atoms with Crippen LogP contribution in [0.5, 0.6) is 0 Å². The summed E-state index contributed by atoms with van der Waals surface area (Å²) in [5.41, 5.74) is 0.296. The summed E-state index contributed by atoms with van der Waals surface area (Å²) in [5.74, 6) is -0.225. The molecular weight excluding hydrogens is 252 g/mol. The van der Waals surface area contributed by atoms with Gasteiger partial charge in [-0.25, -0.2) is 0 Å². The van der Waals surface area contributed by atoms with Crippen molar-refractivity contribution in [1.29, 1.82) is 0 Å². The number of carbonyl (C=O) groups excluding carboxylic acids is 1. The first-order valence-corrected chi connectivity index (χ1v) is 6.13. The molecule has 1 aliphatic rings. The topological polar surface area (TPSA) is 99.3 Å². The average molecular weight is 268 g/mol. The first kappa shape index (κ1) is 13.5. The molecule has 2 rings (SSSR count). The first-order valence-electron chi connectivity index (χ1n) is 6.13. The number of aromatic nitrogens is 2. The smallest absolute Gasteiger partial charge is 0.309 e. The van der Waals surface area contributed by atoms with Crippen LogP contribution in [0.1, 0.15) is 18.5 Å². The van der Waals surface area contributed by atoms with Gasteiger partial charge in [0, 0.05) is 13.2 Å². The van der Waals surface area contributed by atoms with Gasteiger partial charge < -0.3 is 10.1 Å². The van der Waals surface area contributed by atoms with E-state index in [0.717, 1.165) is 25.6 Å². The van der Waals surface area contributed by atoms with Gasteiger partial charge in [-0.05, 0) is 19.8 Å². The lowest BCUT2D eigenvalue weighted by Crippen LogP contribution is -2.34. The minimum atomic E-state index is -0.511. The highest BCUT2D eigenvalue weighted by Gasteiger charge is 2.19. The molecule has 19 heavy (non-hydrogen) atoms. The van der Waals surface area contributed by atoms with Crippen LogP contribution in [0.15, 0.2) is 6.20 Å². The maximum Gasteiger partial charge on any atom is 0.309 e. The Morgan fingerprint density at radius 1 is 1.74 bits per heavy atom. The second kappa shape index (κ2) is 5.79. The summed E-state index contributed by atoms with van der Waals surface area (Å²) in [5, 5.41) is 17.2. The predicted molar refractivity (Wildman–Crippen MR) is 65.6 cm³/mol. The van der Waals surface area contributed by atoms with E-state index in [2.05, 4.69) is 10.4 Å². The van der Waals surface area contributed by atoms with Crippen molar-refractivity contribution in [3.8, 4) is 0 Å². The van der Waals surface area contributed by atoms with Crippen LogP contribution in [-0.4, -0.2) is 39.9 Å². The summed E-state index contributed by atoms with van der Waals surface area (Å²) in [6.45, 7) is 2.76. The zero-order valence-corrected chi connectivity index (χ0v) is 10.7. The van der Waals surface area contributed by atoms with E-state index < -0.39 is 4.92 Å². The van der Waals surface area contributed by atoms with Crippen molar-refractivity contribution in [1.82, 2.24) is 15.1 Å². The molecule has 8 heteroatoms. The SMILES string of the molecule is Cc1c([N+](=O)[O-])cnn1CC(=O)NCC1CCCO1. The van der Waals surface area contributed by atoms with Crippen LogP contribution in [0.2, 0.25) is 0 Å². The van der Waals surface area contributed by atoms with Gasteiger partial charge in [0.1, 0.15) is 18.4 Å². The van der Waals surface area contributed by atoms with Crippen molar-refractivity contribution >= 4 is 11.6 Å². The van der Waals surface area contributed by atoms with E-state index in [9.17, 15) is 14.9 Å². The third-order valence-electron chi connectivity index (χ3n) is 3.12. The molecule has 1 aromatic rings. The highest BCUT2D eigenvalue weighted by molar-refractivity contribution is 5.75. The summed E-state index contributed by atoms with van der Waals surface area (Å²) in [4.78, 5) is 21.8. The highest BCUT2D eigenvalue weighted by atomic mass is 16.6. The van der Waals surface area contributed by atoms with Gasteiger partial charge >= 0.3 is 5.69 Å². The fraction of sp³-hybridized carbons (Fsp3) is 0.636. The zero-order chi connectivity index (χ0) is 13.8. The molecule has 1 aromatic heterocycles. The average Bonchev–Trinajstić information content (AvgIpc) is 2.98. The molecule has 1 amide bonds. The number of carbonyl (C=O) groups is 1. The number of ether oxygens (including phenoxy) is 1. The quantitative estimate of drug-likeness (QED) is 0.615. The molecule has 0 bridgehead atoms. The lowest BCUT2D eigenvalue weighted by Gasteiger charge is -2.11. The Hall–Kier alpha value is -1.96. The third-order valence-corrected chi connectivity index (χ3v) is 3.12. The number of amides is 1. The molecule has 1 fully saturated rings. The Morgan fingerprint density at radius 3 is 3.11 bits per heavy atom. The number of hydrogen-bond donors (Lipinski definition) is 1. The van der Waals surface area contributed by atoms with E-state index in [4.69, 9.17) is 4.74 Å². The minimum Gasteiger partial charge on any atom is -0.376 e. The lowest BCUT2D eigenvalue weighted by molar-refractivity contribution is -0.385. The van der Waals surface area contributed by atoms with Gasteiger partial charge in [-0.1, -0.05) is 0 Å². The Balaban J connectivity index is 1.86. The largest absolute Gasteiger partial charge is 0.376 e. The van der Waals surface area contributed by atoms with Crippen LogP contribution in [-0.2, 0) is 16.1 Å². The zero-order valence-electron chi connectivity index (χ0n) is 10.7. The summed E-state index contributed by atoms with van der Waals surface area (Å²) < 4.78 is 6.71. The minimum absolute atomic E-state index is 0.0214. The van der Waals surface area contributed by atoms with Gasteiger partial charge in [-0.15, -0.1) is 0 Å². The van der Waals surface area contributed by atoms with Crippen LogP contribution >= 0.6 is 0 Å². The number of hydrogen-bond acceptors (Lipinski definition) is 5. The number of nitrogens with one attached hydrogen (secondary N) is 1. The van der Waals surface area contributed by atoms with Crippen molar-refractivity contribution in [2.75, 3.05) is 13.2 Å². The number of nitrogens with zero attached hydrogens (tertiary/aromatic N) is 3. The lowest BCUT2D eigenvalue weighted by atomic mass is 10.2. The van der Waals surface area contributed by atoms with Gasteiger partial charge in [0.2, 0.25) is 5.91 Å². The fourth-order valence-electron chi connectivity index (χ4n) is 2.00. The van der Waals surface area contributed by atoms with E-state index in [0.29, 0.717) is 12.2 Å². The number of nitro groups is 1. The first-order chi connectivity index (χ1) is 9.08. The van der Waals surface area contributed by atoms with E-state index in [1.165, 1.54) is 4.68 Å². The maximum atomic E-state index is 11.7. The molecule has 0 spiro atoms. The van der Waals surface area contributed by atoms with Crippen molar-refractivity contribution in [3.05, 3.63) is 22.0 Å². The van der Waals surface area contributed by atoms with Gasteiger partial charge in [-0.3, -0.25) is 19.6 Å². The van der Waals surface area contributed by atoms with E-state index in [1.54, 1.807) is 6.92 Å². The van der Waals surface area contributed by atoms with E-state index in [1.807, 2.05) is 0 Å². The summed E-state index contributed by atoms with van der Waals surface area (Å²) in [6, 6.07) is 0. The maximum absolute atomic E-state index is 11.7. The van der Waals surface area contributed by atoms with Crippen molar-refractivity contribution in [3.63, 3.8) is 0 Å². The fourth-order valence-corrected chi connectivity index (χ4v) is 2.00. The summed E-state index contributed by atoms with van der Waals surface area (Å²) in [7, 11) is 0. The Kier molecular flexibility index (Phi) is 4.10. The molecule has 1 unspecified atom stereocenters. The standard InChI is InChI=1S/C11H16N4O4/c1-8-10(15(17)18)6-13-14(8)7-11(16)12-5-9-3-2-4-19-9/h6,9H,2-5,7H2,1H3,(H,12,16). The van der Waals surface area contributed by atoms with Gasteiger partial charge in [0.15, 0.2) is 0 Å². The molecular formula is C11H16N4O4. The molecule has 8 nitrogen and oxygen atoms in total. The van der Waals surface area contributed by atoms with Crippen LogP contribution in [0.4, 0.5) is 5.69 Å². The molecule has 1 N–H and O–H groups in total. The molecule has 0 saturated carbocycles. The van der Waals surface area contributed by atoms with Gasteiger partial charge in [0.25, 0.3) is 0 Å². The highest BCUT2D eigenvalue weighted by Crippen LogP contribution is 2.15. The molecule has 1 aliphatic heterocycles. The van der Waals surface area contributed by atoms with Crippen LogP contribution in [0.3, 0.4) is 0 Å². The molecule has 0 aliphatic carbocycles. The third kappa shape index (κ3) is 3.28. The van der Waals surface area contributed by atoms with Crippen molar-refractivity contribution < 1.29 is 14.5 Å². The van der Waals surface area contributed by atoms with Crippen molar-refractivity contribution in [2.24, 2.45) is 0 Å². The summed E-state index contributed by atoms with van der Waals surface area (Å²) in [6.07, 6.45) is 3.21. The van der Waals surface area contributed by atoms with Gasteiger partial charge in [0.05, 0.1) is 11.0 Å². The molecule has 0 aromatic carbocycles. The van der Waals surface area contributed by atoms with E-state index >= 15 is 0 Å². The van der Waals surface area contributed by atoms with Crippen LogP contribution < -0.4 is 5.32 Å². The Labute approximate surface area is 109 Å². The van der Waals surface area contributed by atoms with E-state index in [-0.39, 0.29) is 24.2 Å². The normalized spacial score (nSPS) is 18.5. The predicted octanol–water partition coefficient (Wildman–Crippen LogP) is 0.395. The van der Waals surface area contributed by atoms with Crippen LogP contribution in [0.25, 0.3) is 0 Å². The molecule has 1 atom stereocenters. The molecule has 104 valence electrons. The number of rotatable bonds is 5. The Bertz CT molecular complexity index is 479. The monoisotopic (exact) mass is 268 g/mol. The molecule has 0 radical (unpaired) electrons. The molecule has 2 heterocycles. The summed E-state index contributed by atoms with van der Waals surface area (Å²) >= 11 is 0. The molecule has 1 saturated heterocycles. The van der Waals surface area contributed by atoms with Crippen molar-refractivity contribution in [2.45, 2.75) is 32.4 Å². The Morgan fingerprint density at radius 2 is 2.53 bits per heavy atom. The van der Waals surface area contributed by atoms with Crippen LogP contribution in [0, 0.1) is 17.0 Å². The van der Waals surface area contributed by atoms with Gasteiger partial charge in [-0.2, -0.15) is 5.10 Å². The second-order valence-electron chi connectivity index (χ2n) is 4.47. The second-order valence-corrected chi connectivity index (χ2v) is 4.47.